The average Bonchev–Trinajstić information content (AvgIpc) is 2.98. The Kier molecular flexibility index (Phi) is 5.51. The van der Waals surface area contributed by atoms with Crippen LogP contribution in [0.25, 0.3) is 0 Å². The van der Waals surface area contributed by atoms with E-state index in [1.807, 2.05) is 30.3 Å². The zero-order chi connectivity index (χ0) is 16.7. The number of hydrogen-bond acceptors (Lipinski definition) is 4. The Morgan fingerprint density at radius 3 is 2.48 bits per heavy atom. The van der Waals surface area contributed by atoms with Crippen molar-refractivity contribution in [3.05, 3.63) is 59.9 Å². The molecule has 2 aromatic rings. The lowest BCUT2D eigenvalue weighted by Gasteiger charge is -2.08. The molecule has 23 heavy (non-hydrogen) atoms. The minimum Gasteiger partial charge on any atom is -0.451 e. The molecule has 120 valence electrons. The number of nitrogens with zero attached hydrogens (tertiary/aromatic N) is 1. The SMILES string of the molecule is Cn1cccc1C(=O)OCC(=O)NC(=O)NCc1ccccc1. The summed E-state index contributed by atoms with van der Waals surface area (Å²) < 4.78 is 6.42. The number of rotatable bonds is 5. The number of imide groups is 1. The van der Waals surface area contributed by atoms with E-state index in [0.717, 1.165) is 5.56 Å². The van der Waals surface area contributed by atoms with Crippen LogP contribution in [0.15, 0.2) is 48.7 Å². The minimum absolute atomic E-state index is 0.295. The van der Waals surface area contributed by atoms with Crippen molar-refractivity contribution in [1.82, 2.24) is 15.2 Å². The number of esters is 1. The Morgan fingerprint density at radius 2 is 1.83 bits per heavy atom. The van der Waals surface area contributed by atoms with E-state index in [4.69, 9.17) is 4.74 Å². The number of carbonyl (C=O) groups excluding carboxylic acids is 3. The molecule has 0 fully saturated rings. The third kappa shape index (κ3) is 4.99. The summed E-state index contributed by atoms with van der Waals surface area (Å²) in [5.74, 6) is -1.32. The fraction of sp³-hybridized carbons (Fsp3) is 0.188. The number of ether oxygens (including phenoxy) is 1. The largest absolute Gasteiger partial charge is 0.451 e. The first-order valence-electron chi connectivity index (χ1n) is 6.96. The molecule has 0 aliphatic rings. The van der Waals surface area contributed by atoms with E-state index in [-0.39, 0.29) is 0 Å². The van der Waals surface area contributed by atoms with Gasteiger partial charge in [-0.1, -0.05) is 30.3 Å². The van der Waals surface area contributed by atoms with E-state index in [1.165, 1.54) is 0 Å². The molecule has 2 N–H and O–H groups in total. The van der Waals surface area contributed by atoms with E-state index in [1.54, 1.807) is 29.9 Å². The van der Waals surface area contributed by atoms with Gasteiger partial charge in [-0.15, -0.1) is 0 Å². The number of amides is 3. The second-order valence-electron chi connectivity index (χ2n) is 4.80. The molecule has 7 nitrogen and oxygen atoms in total. The van der Waals surface area contributed by atoms with Gasteiger partial charge in [0.15, 0.2) is 6.61 Å². The van der Waals surface area contributed by atoms with E-state index in [9.17, 15) is 14.4 Å². The van der Waals surface area contributed by atoms with E-state index < -0.39 is 24.5 Å². The highest BCUT2D eigenvalue weighted by Crippen LogP contribution is 2.01. The molecule has 0 spiro atoms. The van der Waals surface area contributed by atoms with Crippen LogP contribution < -0.4 is 10.6 Å². The standard InChI is InChI=1S/C16H17N3O4/c1-19-9-5-8-13(19)15(21)23-11-14(20)18-16(22)17-10-12-6-3-2-4-7-12/h2-9H,10-11H2,1H3,(H2,17,18,20,22). The van der Waals surface area contributed by atoms with Crippen molar-refractivity contribution in [2.45, 2.75) is 6.54 Å². The third-order valence-electron chi connectivity index (χ3n) is 3.04. The summed E-state index contributed by atoms with van der Waals surface area (Å²) in [6, 6.07) is 11.9. The van der Waals surface area contributed by atoms with Gasteiger partial charge in [0.1, 0.15) is 5.69 Å². The molecule has 0 atom stereocenters. The molecular weight excluding hydrogens is 298 g/mol. The maximum Gasteiger partial charge on any atom is 0.355 e. The molecule has 0 bridgehead atoms. The Morgan fingerprint density at radius 1 is 1.09 bits per heavy atom. The van der Waals surface area contributed by atoms with Crippen LogP contribution in [0.1, 0.15) is 16.1 Å². The molecule has 0 radical (unpaired) electrons. The van der Waals surface area contributed by atoms with Gasteiger partial charge in [0.2, 0.25) is 0 Å². The Bertz CT molecular complexity index is 694. The highest BCUT2D eigenvalue weighted by atomic mass is 16.5. The van der Waals surface area contributed by atoms with Crippen LogP contribution in [0, 0.1) is 0 Å². The van der Waals surface area contributed by atoms with Crippen molar-refractivity contribution >= 4 is 17.9 Å². The van der Waals surface area contributed by atoms with Crippen molar-refractivity contribution < 1.29 is 19.1 Å². The van der Waals surface area contributed by atoms with Gasteiger partial charge in [0.05, 0.1) is 0 Å². The highest BCUT2D eigenvalue weighted by molar-refractivity contribution is 5.96. The van der Waals surface area contributed by atoms with Gasteiger partial charge in [-0.25, -0.2) is 9.59 Å². The number of urea groups is 1. The monoisotopic (exact) mass is 315 g/mol. The molecule has 0 saturated heterocycles. The van der Waals surface area contributed by atoms with E-state index in [2.05, 4.69) is 10.6 Å². The topological polar surface area (TPSA) is 89.4 Å². The summed E-state index contributed by atoms with van der Waals surface area (Å²) in [5, 5.41) is 4.63. The Labute approximate surface area is 133 Å². The maximum atomic E-state index is 11.7. The van der Waals surface area contributed by atoms with Gasteiger partial charge in [-0.2, -0.15) is 0 Å². The highest BCUT2D eigenvalue weighted by Gasteiger charge is 2.14. The molecule has 1 aromatic heterocycles. The van der Waals surface area contributed by atoms with Crippen molar-refractivity contribution in [3.63, 3.8) is 0 Å². The van der Waals surface area contributed by atoms with Gasteiger partial charge in [0, 0.05) is 19.8 Å². The molecular formula is C16H17N3O4. The molecule has 7 heteroatoms. The average molecular weight is 315 g/mol. The second-order valence-corrected chi connectivity index (χ2v) is 4.80. The number of aryl methyl sites for hydroxylation is 1. The first kappa shape index (κ1) is 16.3. The molecule has 2 rings (SSSR count). The van der Waals surface area contributed by atoms with Gasteiger partial charge >= 0.3 is 12.0 Å². The quantitative estimate of drug-likeness (QED) is 0.812. The predicted octanol–water partition coefficient (Wildman–Crippen LogP) is 1.21. The minimum atomic E-state index is -0.696. The Hall–Kier alpha value is -3.09. The lowest BCUT2D eigenvalue weighted by atomic mass is 10.2. The molecule has 3 amide bonds. The molecule has 0 aliphatic heterocycles. The number of hydrogen-bond donors (Lipinski definition) is 2. The van der Waals surface area contributed by atoms with Crippen molar-refractivity contribution in [2.24, 2.45) is 7.05 Å². The fourth-order valence-corrected chi connectivity index (χ4v) is 1.86. The zero-order valence-corrected chi connectivity index (χ0v) is 12.6. The smallest absolute Gasteiger partial charge is 0.355 e. The maximum absolute atomic E-state index is 11.7. The number of aromatic nitrogens is 1. The van der Waals surface area contributed by atoms with E-state index in [0.29, 0.717) is 12.2 Å². The summed E-state index contributed by atoms with van der Waals surface area (Å²) in [7, 11) is 1.69. The summed E-state index contributed by atoms with van der Waals surface area (Å²) in [6.45, 7) is -0.230. The van der Waals surface area contributed by atoms with Crippen LogP contribution in [-0.4, -0.2) is 29.1 Å². The van der Waals surface area contributed by atoms with Crippen LogP contribution in [0.3, 0.4) is 0 Å². The van der Waals surface area contributed by atoms with Crippen LogP contribution in [0.4, 0.5) is 4.79 Å². The van der Waals surface area contributed by atoms with Crippen LogP contribution >= 0.6 is 0 Å². The summed E-state index contributed by atoms with van der Waals surface area (Å²) >= 11 is 0. The van der Waals surface area contributed by atoms with Gasteiger partial charge in [0.25, 0.3) is 5.91 Å². The lowest BCUT2D eigenvalue weighted by molar-refractivity contribution is -0.123. The Balaban J connectivity index is 1.71. The number of nitrogens with one attached hydrogen (secondary N) is 2. The lowest BCUT2D eigenvalue weighted by Crippen LogP contribution is -2.41. The van der Waals surface area contributed by atoms with Crippen molar-refractivity contribution in [1.29, 1.82) is 0 Å². The fourth-order valence-electron chi connectivity index (χ4n) is 1.86. The normalized spacial score (nSPS) is 9.96. The van der Waals surface area contributed by atoms with Gasteiger partial charge < -0.3 is 14.6 Å². The number of benzene rings is 1. The van der Waals surface area contributed by atoms with Crippen molar-refractivity contribution in [3.8, 4) is 0 Å². The van der Waals surface area contributed by atoms with Crippen LogP contribution in [-0.2, 0) is 23.1 Å². The first-order chi connectivity index (χ1) is 11.1. The van der Waals surface area contributed by atoms with Crippen LogP contribution in [0.5, 0.6) is 0 Å². The van der Waals surface area contributed by atoms with Crippen LogP contribution in [0.2, 0.25) is 0 Å². The summed E-state index contributed by atoms with van der Waals surface area (Å²) in [5.41, 5.74) is 1.23. The second kappa shape index (κ2) is 7.79. The summed E-state index contributed by atoms with van der Waals surface area (Å²) in [6.07, 6.45) is 1.69. The molecule has 0 aliphatic carbocycles. The number of carbonyl (C=O) groups is 3. The van der Waals surface area contributed by atoms with Gasteiger partial charge in [-0.3, -0.25) is 10.1 Å². The zero-order valence-electron chi connectivity index (χ0n) is 12.6. The van der Waals surface area contributed by atoms with Gasteiger partial charge in [-0.05, 0) is 17.7 Å². The molecule has 0 saturated carbocycles. The molecule has 0 unspecified atom stereocenters. The molecule has 1 aromatic carbocycles. The first-order valence-corrected chi connectivity index (χ1v) is 6.96. The van der Waals surface area contributed by atoms with E-state index >= 15 is 0 Å². The summed E-state index contributed by atoms with van der Waals surface area (Å²) in [4.78, 5) is 34.8. The predicted molar refractivity (Wildman–Crippen MR) is 82.5 cm³/mol. The molecule has 1 heterocycles. The third-order valence-corrected chi connectivity index (χ3v) is 3.04. The van der Waals surface area contributed by atoms with Crippen molar-refractivity contribution in [2.75, 3.05) is 6.61 Å².